The zero-order valence-electron chi connectivity index (χ0n) is 7.42. The summed E-state index contributed by atoms with van der Waals surface area (Å²) in [5, 5.41) is 0. The van der Waals surface area contributed by atoms with Crippen molar-refractivity contribution in [2.75, 3.05) is 0 Å². The molecule has 0 radical (unpaired) electrons. The number of aldehydes is 1. The number of hydrogen-bond acceptors (Lipinski definition) is 4. The molecule has 1 aromatic rings. The van der Waals surface area contributed by atoms with Crippen LogP contribution in [0.1, 0.15) is 5.56 Å². The summed E-state index contributed by atoms with van der Waals surface area (Å²) < 4.78 is 4.55. The molecule has 1 atom stereocenters. The van der Waals surface area contributed by atoms with Gasteiger partial charge in [0.05, 0.1) is 0 Å². The van der Waals surface area contributed by atoms with Crippen LogP contribution in [0.3, 0.4) is 0 Å². The third-order valence-corrected chi connectivity index (χ3v) is 1.58. The SMILES string of the molecule is NC(=O)O[C@H](C=O)Cc1cccnc1. The molecule has 14 heavy (non-hydrogen) atoms. The van der Waals surface area contributed by atoms with Crippen LogP contribution >= 0.6 is 0 Å². The first kappa shape index (κ1) is 10.2. The van der Waals surface area contributed by atoms with Crippen molar-refractivity contribution < 1.29 is 14.3 Å². The first-order chi connectivity index (χ1) is 6.72. The molecule has 0 aliphatic heterocycles. The predicted octanol–water partition coefficient (Wildman–Crippen LogP) is 0.287. The Morgan fingerprint density at radius 1 is 1.71 bits per heavy atom. The summed E-state index contributed by atoms with van der Waals surface area (Å²) in [6.45, 7) is 0. The Bertz CT molecular complexity index is 313. The van der Waals surface area contributed by atoms with Crippen LogP contribution in [-0.4, -0.2) is 23.5 Å². The van der Waals surface area contributed by atoms with Crippen LogP contribution in [0.4, 0.5) is 4.79 Å². The van der Waals surface area contributed by atoms with Gasteiger partial charge < -0.3 is 10.5 Å². The molecule has 0 fully saturated rings. The molecular formula is C9H10N2O3. The molecule has 74 valence electrons. The fourth-order valence-electron chi connectivity index (χ4n) is 1.02. The van der Waals surface area contributed by atoms with Crippen molar-refractivity contribution in [3.63, 3.8) is 0 Å². The highest BCUT2D eigenvalue weighted by molar-refractivity contribution is 5.69. The van der Waals surface area contributed by atoms with E-state index in [2.05, 4.69) is 9.72 Å². The lowest BCUT2D eigenvalue weighted by molar-refractivity contribution is -0.114. The minimum absolute atomic E-state index is 0.292. The van der Waals surface area contributed by atoms with Crippen LogP contribution in [0.5, 0.6) is 0 Å². The lowest BCUT2D eigenvalue weighted by atomic mass is 10.1. The molecule has 5 heteroatoms. The minimum atomic E-state index is -0.953. The third-order valence-electron chi connectivity index (χ3n) is 1.58. The molecular weight excluding hydrogens is 184 g/mol. The Balaban J connectivity index is 2.57. The van der Waals surface area contributed by atoms with Gasteiger partial charge in [-0.1, -0.05) is 6.07 Å². The number of carbonyl (C=O) groups is 2. The molecule has 0 bridgehead atoms. The Morgan fingerprint density at radius 3 is 3.00 bits per heavy atom. The van der Waals surface area contributed by atoms with E-state index < -0.39 is 12.2 Å². The van der Waals surface area contributed by atoms with Gasteiger partial charge in [0.1, 0.15) is 0 Å². The number of rotatable bonds is 4. The molecule has 0 spiro atoms. The quantitative estimate of drug-likeness (QED) is 0.698. The van der Waals surface area contributed by atoms with Gasteiger partial charge in [-0.05, 0) is 11.6 Å². The zero-order valence-corrected chi connectivity index (χ0v) is 7.42. The van der Waals surface area contributed by atoms with Gasteiger partial charge in [0.2, 0.25) is 0 Å². The first-order valence-corrected chi connectivity index (χ1v) is 4.02. The average molecular weight is 194 g/mol. The van der Waals surface area contributed by atoms with Crippen molar-refractivity contribution in [3.05, 3.63) is 30.1 Å². The second-order valence-corrected chi connectivity index (χ2v) is 2.68. The van der Waals surface area contributed by atoms with Crippen LogP contribution in [0.15, 0.2) is 24.5 Å². The summed E-state index contributed by atoms with van der Waals surface area (Å²) in [5.74, 6) is 0. The van der Waals surface area contributed by atoms with E-state index >= 15 is 0 Å². The second kappa shape index (κ2) is 4.96. The fourth-order valence-corrected chi connectivity index (χ4v) is 1.02. The smallest absolute Gasteiger partial charge is 0.405 e. The van der Waals surface area contributed by atoms with Crippen molar-refractivity contribution in [3.8, 4) is 0 Å². The molecule has 1 heterocycles. The van der Waals surface area contributed by atoms with Gasteiger partial charge in [-0.3, -0.25) is 9.78 Å². The highest BCUT2D eigenvalue weighted by Gasteiger charge is 2.11. The van der Waals surface area contributed by atoms with E-state index in [-0.39, 0.29) is 0 Å². The van der Waals surface area contributed by atoms with Crippen molar-refractivity contribution in [1.29, 1.82) is 0 Å². The molecule has 0 aromatic carbocycles. The molecule has 1 amide bonds. The van der Waals surface area contributed by atoms with Crippen molar-refractivity contribution in [2.45, 2.75) is 12.5 Å². The van der Waals surface area contributed by atoms with Crippen LogP contribution in [0.2, 0.25) is 0 Å². The Labute approximate surface area is 80.9 Å². The van der Waals surface area contributed by atoms with E-state index in [1.807, 2.05) is 0 Å². The van der Waals surface area contributed by atoms with Gasteiger partial charge in [0.15, 0.2) is 12.4 Å². The molecule has 0 aliphatic rings. The topological polar surface area (TPSA) is 82.3 Å². The zero-order chi connectivity index (χ0) is 10.4. The first-order valence-electron chi connectivity index (χ1n) is 4.02. The van der Waals surface area contributed by atoms with E-state index in [1.54, 1.807) is 24.5 Å². The van der Waals surface area contributed by atoms with Crippen molar-refractivity contribution in [1.82, 2.24) is 4.98 Å². The van der Waals surface area contributed by atoms with Gasteiger partial charge in [-0.25, -0.2) is 4.79 Å². The monoisotopic (exact) mass is 194 g/mol. The van der Waals surface area contributed by atoms with E-state index in [0.29, 0.717) is 12.7 Å². The van der Waals surface area contributed by atoms with E-state index in [1.165, 1.54) is 0 Å². The van der Waals surface area contributed by atoms with Gasteiger partial charge in [-0.2, -0.15) is 0 Å². The highest BCUT2D eigenvalue weighted by atomic mass is 16.6. The molecule has 1 rings (SSSR count). The number of primary amides is 1. The van der Waals surface area contributed by atoms with Crippen LogP contribution < -0.4 is 5.73 Å². The molecule has 1 aromatic heterocycles. The number of amides is 1. The maximum absolute atomic E-state index is 10.5. The number of carbonyl (C=O) groups excluding carboxylic acids is 2. The molecule has 0 saturated carbocycles. The summed E-state index contributed by atoms with van der Waals surface area (Å²) in [4.78, 5) is 24.7. The summed E-state index contributed by atoms with van der Waals surface area (Å²) >= 11 is 0. The number of nitrogens with zero attached hydrogens (tertiary/aromatic N) is 1. The van der Waals surface area contributed by atoms with Crippen LogP contribution in [0, 0.1) is 0 Å². The van der Waals surface area contributed by atoms with Gasteiger partial charge in [0.25, 0.3) is 0 Å². The number of aromatic nitrogens is 1. The van der Waals surface area contributed by atoms with E-state index in [9.17, 15) is 9.59 Å². The lowest BCUT2D eigenvalue weighted by Crippen LogP contribution is -2.25. The van der Waals surface area contributed by atoms with E-state index in [4.69, 9.17) is 5.73 Å². The maximum atomic E-state index is 10.5. The summed E-state index contributed by atoms with van der Waals surface area (Å²) in [7, 11) is 0. The standard InChI is InChI=1S/C9H10N2O3/c10-9(13)14-8(6-12)4-7-2-1-3-11-5-7/h1-3,5-6,8H,4H2,(H2,10,13)/t8-/m0/s1. The third kappa shape index (κ3) is 3.22. The maximum Gasteiger partial charge on any atom is 0.405 e. The second-order valence-electron chi connectivity index (χ2n) is 2.68. The Morgan fingerprint density at radius 2 is 2.50 bits per heavy atom. The molecule has 0 saturated heterocycles. The lowest BCUT2D eigenvalue weighted by Gasteiger charge is -2.09. The predicted molar refractivity (Wildman–Crippen MR) is 48.5 cm³/mol. The number of pyridine rings is 1. The number of nitrogens with two attached hydrogens (primary N) is 1. The normalized spacial score (nSPS) is 11.7. The van der Waals surface area contributed by atoms with Gasteiger partial charge >= 0.3 is 6.09 Å². The highest BCUT2D eigenvalue weighted by Crippen LogP contribution is 2.02. The summed E-state index contributed by atoms with van der Waals surface area (Å²) in [6.07, 6.45) is 2.26. The van der Waals surface area contributed by atoms with Crippen molar-refractivity contribution >= 4 is 12.4 Å². The Kier molecular flexibility index (Phi) is 3.60. The average Bonchev–Trinajstić information content (AvgIpc) is 2.17. The van der Waals surface area contributed by atoms with Crippen LogP contribution in [0.25, 0.3) is 0 Å². The minimum Gasteiger partial charge on any atom is -0.438 e. The number of ether oxygens (including phenoxy) is 1. The largest absolute Gasteiger partial charge is 0.438 e. The molecule has 0 unspecified atom stereocenters. The molecule has 0 aliphatic carbocycles. The molecule has 5 nitrogen and oxygen atoms in total. The Hall–Kier alpha value is -1.91. The molecule has 2 N–H and O–H groups in total. The summed E-state index contributed by atoms with van der Waals surface area (Å²) in [6, 6.07) is 3.52. The van der Waals surface area contributed by atoms with Gasteiger partial charge in [0, 0.05) is 18.8 Å². The van der Waals surface area contributed by atoms with Crippen LogP contribution in [-0.2, 0) is 16.0 Å². The number of hydrogen-bond donors (Lipinski definition) is 1. The van der Waals surface area contributed by atoms with Crippen molar-refractivity contribution in [2.24, 2.45) is 5.73 Å². The summed E-state index contributed by atoms with van der Waals surface area (Å²) in [5.41, 5.74) is 5.60. The van der Waals surface area contributed by atoms with E-state index in [0.717, 1.165) is 5.56 Å². The fraction of sp³-hybridized carbons (Fsp3) is 0.222. The van der Waals surface area contributed by atoms with Gasteiger partial charge in [-0.15, -0.1) is 0 Å².